The number of rotatable bonds is 6. The number of hydrogen-bond donors (Lipinski definition) is 0. The molecule has 0 aromatic heterocycles. The molecule has 91 valence electrons. The van der Waals surface area contributed by atoms with Crippen molar-refractivity contribution in [2.75, 3.05) is 13.2 Å². The van der Waals surface area contributed by atoms with E-state index in [1.165, 1.54) is 0 Å². The molecule has 0 saturated carbocycles. The van der Waals surface area contributed by atoms with Crippen LogP contribution in [0.3, 0.4) is 0 Å². The molecule has 0 amide bonds. The van der Waals surface area contributed by atoms with Gasteiger partial charge >= 0.3 is 5.97 Å². The molecule has 1 aromatic carbocycles. The van der Waals surface area contributed by atoms with Crippen molar-refractivity contribution in [3.8, 4) is 17.2 Å². The van der Waals surface area contributed by atoms with Crippen LogP contribution in [0.5, 0.6) is 17.2 Å². The fraction of sp³-hybridized carbons (Fsp3) is 0.308. The summed E-state index contributed by atoms with van der Waals surface area (Å²) in [5, 5.41) is 0. The van der Waals surface area contributed by atoms with Gasteiger partial charge in [0.2, 0.25) is 5.75 Å². The second kappa shape index (κ2) is 6.58. The molecule has 0 N–H and O–H groups in total. The zero-order valence-corrected chi connectivity index (χ0v) is 9.99. The van der Waals surface area contributed by atoms with Crippen LogP contribution in [0, 0.1) is 6.07 Å². The zero-order chi connectivity index (χ0) is 12.7. The Morgan fingerprint density at radius 3 is 2.71 bits per heavy atom. The smallest absolute Gasteiger partial charge is 0.335 e. The van der Waals surface area contributed by atoms with Gasteiger partial charge in [0.15, 0.2) is 11.5 Å². The molecule has 0 unspecified atom stereocenters. The summed E-state index contributed by atoms with van der Waals surface area (Å²) >= 11 is 0. The van der Waals surface area contributed by atoms with Crippen LogP contribution in [0.4, 0.5) is 0 Å². The lowest BCUT2D eigenvalue weighted by atomic mass is 10.3. The second-order valence-electron chi connectivity index (χ2n) is 2.99. The number of ether oxygens (including phenoxy) is 3. The van der Waals surface area contributed by atoms with Crippen LogP contribution in [0.2, 0.25) is 0 Å². The van der Waals surface area contributed by atoms with E-state index in [2.05, 4.69) is 12.6 Å². The van der Waals surface area contributed by atoms with E-state index in [4.69, 9.17) is 14.2 Å². The van der Waals surface area contributed by atoms with Crippen LogP contribution < -0.4 is 14.2 Å². The van der Waals surface area contributed by atoms with E-state index in [9.17, 15) is 4.79 Å². The molecule has 17 heavy (non-hydrogen) atoms. The molecule has 0 aliphatic heterocycles. The van der Waals surface area contributed by atoms with E-state index in [1.807, 2.05) is 13.8 Å². The SMILES string of the molecule is C=CC(=O)Oc1cc[c]c(OCC)c1OCC. The minimum absolute atomic E-state index is 0.305. The predicted octanol–water partition coefficient (Wildman–Crippen LogP) is 2.38. The van der Waals surface area contributed by atoms with Gasteiger partial charge in [-0.05, 0) is 26.0 Å². The Bertz CT molecular complexity index is 398. The third-order valence-corrected chi connectivity index (χ3v) is 1.83. The second-order valence-corrected chi connectivity index (χ2v) is 2.99. The van der Waals surface area contributed by atoms with Gasteiger partial charge in [-0.25, -0.2) is 4.79 Å². The highest BCUT2D eigenvalue weighted by atomic mass is 16.6. The number of carbonyl (C=O) groups is 1. The molecule has 0 aliphatic rings. The molecule has 0 spiro atoms. The van der Waals surface area contributed by atoms with Crippen molar-refractivity contribution < 1.29 is 19.0 Å². The molecule has 4 nitrogen and oxygen atoms in total. The summed E-state index contributed by atoms with van der Waals surface area (Å²) in [6.45, 7) is 7.95. The Labute approximate surface area is 101 Å². The van der Waals surface area contributed by atoms with Gasteiger partial charge in [0.05, 0.1) is 13.2 Å². The molecule has 0 saturated heterocycles. The fourth-order valence-corrected chi connectivity index (χ4v) is 1.21. The summed E-state index contributed by atoms with van der Waals surface area (Å²) in [5.41, 5.74) is 0. The van der Waals surface area contributed by atoms with Crippen molar-refractivity contribution in [1.82, 2.24) is 0 Å². The van der Waals surface area contributed by atoms with Crippen LogP contribution >= 0.6 is 0 Å². The molecule has 0 heterocycles. The maximum Gasteiger partial charge on any atom is 0.335 e. The molecule has 0 fully saturated rings. The van der Waals surface area contributed by atoms with Crippen LogP contribution in [0.1, 0.15) is 13.8 Å². The third-order valence-electron chi connectivity index (χ3n) is 1.83. The highest BCUT2D eigenvalue weighted by Crippen LogP contribution is 2.36. The lowest BCUT2D eigenvalue weighted by molar-refractivity contribution is -0.129. The van der Waals surface area contributed by atoms with Gasteiger partial charge in [-0.1, -0.05) is 6.58 Å². The molecule has 0 bridgehead atoms. The summed E-state index contributed by atoms with van der Waals surface area (Å²) in [6.07, 6.45) is 1.09. The molecule has 0 atom stereocenters. The molecule has 0 aliphatic carbocycles. The van der Waals surface area contributed by atoms with E-state index >= 15 is 0 Å². The summed E-state index contributed by atoms with van der Waals surface area (Å²) in [7, 11) is 0. The Hall–Kier alpha value is -1.97. The Balaban J connectivity index is 3.04. The van der Waals surface area contributed by atoms with Gasteiger partial charge in [-0.3, -0.25) is 0 Å². The van der Waals surface area contributed by atoms with Crippen molar-refractivity contribution >= 4 is 5.97 Å². The first-order valence-corrected chi connectivity index (χ1v) is 5.37. The average Bonchev–Trinajstić information content (AvgIpc) is 2.33. The highest BCUT2D eigenvalue weighted by molar-refractivity contribution is 5.84. The fourth-order valence-electron chi connectivity index (χ4n) is 1.21. The van der Waals surface area contributed by atoms with Gasteiger partial charge in [0.1, 0.15) is 0 Å². The van der Waals surface area contributed by atoms with E-state index in [1.54, 1.807) is 12.1 Å². The van der Waals surface area contributed by atoms with Gasteiger partial charge in [-0.2, -0.15) is 0 Å². The van der Waals surface area contributed by atoms with Gasteiger partial charge in [0.25, 0.3) is 0 Å². The van der Waals surface area contributed by atoms with Crippen LogP contribution in [0.15, 0.2) is 24.8 Å². The lowest BCUT2D eigenvalue weighted by Crippen LogP contribution is -2.06. The Morgan fingerprint density at radius 1 is 1.41 bits per heavy atom. The normalized spacial score (nSPS) is 9.53. The van der Waals surface area contributed by atoms with Crippen LogP contribution in [0.25, 0.3) is 0 Å². The molecule has 1 rings (SSSR count). The summed E-state index contributed by atoms with van der Waals surface area (Å²) in [5.74, 6) is 0.578. The van der Waals surface area contributed by atoms with E-state index < -0.39 is 5.97 Å². The van der Waals surface area contributed by atoms with Crippen molar-refractivity contribution in [3.05, 3.63) is 30.9 Å². The first-order valence-electron chi connectivity index (χ1n) is 5.37. The number of benzene rings is 1. The number of carbonyl (C=O) groups excluding carboxylic acids is 1. The molecular weight excluding hydrogens is 220 g/mol. The monoisotopic (exact) mass is 235 g/mol. The first-order chi connectivity index (χ1) is 8.22. The van der Waals surface area contributed by atoms with Gasteiger partial charge < -0.3 is 14.2 Å². The van der Waals surface area contributed by atoms with Gasteiger partial charge in [0, 0.05) is 12.1 Å². The predicted molar refractivity (Wildman–Crippen MR) is 63.4 cm³/mol. The molecule has 4 heteroatoms. The summed E-state index contributed by atoms with van der Waals surface area (Å²) in [4.78, 5) is 11.2. The third kappa shape index (κ3) is 3.52. The van der Waals surface area contributed by atoms with E-state index in [0.29, 0.717) is 30.5 Å². The number of esters is 1. The molecule has 1 aromatic rings. The lowest BCUT2D eigenvalue weighted by Gasteiger charge is -2.13. The first kappa shape index (κ1) is 13.1. The van der Waals surface area contributed by atoms with Gasteiger partial charge in [-0.15, -0.1) is 0 Å². The Kier molecular flexibility index (Phi) is 5.07. The zero-order valence-electron chi connectivity index (χ0n) is 9.99. The quantitative estimate of drug-likeness (QED) is 0.431. The molecule has 1 radical (unpaired) electrons. The maximum atomic E-state index is 11.2. The maximum absolute atomic E-state index is 11.2. The topological polar surface area (TPSA) is 44.8 Å². The van der Waals surface area contributed by atoms with Crippen molar-refractivity contribution in [2.24, 2.45) is 0 Å². The van der Waals surface area contributed by atoms with Crippen LogP contribution in [-0.2, 0) is 4.79 Å². The number of hydrogen-bond acceptors (Lipinski definition) is 4. The van der Waals surface area contributed by atoms with Crippen LogP contribution in [-0.4, -0.2) is 19.2 Å². The van der Waals surface area contributed by atoms with Crippen molar-refractivity contribution in [3.63, 3.8) is 0 Å². The standard InChI is InChI=1S/C13H15O4/c1-4-12(14)17-11-9-7-8-10(15-5-2)13(11)16-6-3/h4,7,9H,1,5-6H2,2-3H3. The largest absolute Gasteiger partial charge is 0.489 e. The van der Waals surface area contributed by atoms with Crippen molar-refractivity contribution in [2.45, 2.75) is 13.8 Å². The molecular formula is C13H15O4. The average molecular weight is 235 g/mol. The van der Waals surface area contributed by atoms with E-state index in [0.717, 1.165) is 6.08 Å². The summed E-state index contributed by atoms with van der Waals surface area (Å²) < 4.78 is 15.8. The summed E-state index contributed by atoms with van der Waals surface area (Å²) in [6, 6.07) is 6.09. The Morgan fingerprint density at radius 2 is 2.12 bits per heavy atom. The minimum Gasteiger partial charge on any atom is -0.489 e. The van der Waals surface area contributed by atoms with Crippen molar-refractivity contribution in [1.29, 1.82) is 0 Å². The highest BCUT2D eigenvalue weighted by Gasteiger charge is 2.14. The minimum atomic E-state index is -0.542. The van der Waals surface area contributed by atoms with E-state index in [-0.39, 0.29) is 0 Å².